The number of benzene rings is 2. The van der Waals surface area contributed by atoms with Gasteiger partial charge >= 0.3 is 0 Å². The maximum Gasteiger partial charge on any atom is 0.201 e. The van der Waals surface area contributed by atoms with Gasteiger partial charge in [-0.15, -0.1) is 0 Å². The molecule has 2 aromatic carbocycles. The highest BCUT2D eigenvalue weighted by Gasteiger charge is 2.22. The van der Waals surface area contributed by atoms with Crippen LogP contribution in [0.4, 0.5) is 13.2 Å². The van der Waals surface area contributed by atoms with Crippen LogP contribution >= 0.6 is 11.8 Å². The molecule has 0 spiro atoms. The largest absolute Gasteiger partial charge is 0.490 e. The highest BCUT2D eigenvalue weighted by atomic mass is 32.2. The Morgan fingerprint density at radius 3 is 2.41 bits per heavy atom. The molecule has 5 heteroatoms. The molecule has 0 aliphatic heterocycles. The fraction of sp³-hybridized carbons (Fsp3) is 0.273. The van der Waals surface area contributed by atoms with E-state index in [1.807, 2.05) is 6.92 Å². The summed E-state index contributed by atoms with van der Waals surface area (Å²) in [5, 5.41) is 0. The molecule has 3 rings (SSSR count). The first-order chi connectivity index (χ1) is 12.9. The molecule has 0 unspecified atom stereocenters. The third-order valence-electron chi connectivity index (χ3n) is 4.41. The summed E-state index contributed by atoms with van der Waals surface area (Å²) in [6.45, 7) is 9.84. The van der Waals surface area contributed by atoms with Crippen molar-refractivity contribution < 1.29 is 17.9 Å². The van der Waals surface area contributed by atoms with Gasteiger partial charge in [-0.1, -0.05) is 49.9 Å². The summed E-state index contributed by atoms with van der Waals surface area (Å²) in [4.78, 5) is 1.47. The van der Waals surface area contributed by atoms with Gasteiger partial charge in [0.2, 0.25) is 5.82 Å². The maximum absolute atomic E-state index is 14.6. The van der Waals surface area contributed by atoms with Crippen LogP contribution in [0.5, 0.6) is 5.75 Å². The van der Waals surface area contributed by atoms with Crippen LogP contribution in [0.1, 0.15) is 31.7 Å². The molecule has 0 heterocycles. The van der Waals surface area contributed by atoms with Crippen LogP contribution in [0.2, 0.25) is 0 Å². The maximum atomic E-state index is 14.6. The average Bonchev–Trinajstić information content (AvgIpc) is 3.43. The fourth-order valence-corrected chi connectivity index (χ4v) is 3.43. The second-order valence-electron chi connectivity index (χ2n) is 6.74. The number of allylic oxidation sites excluding steroid dienone is 1. The summed E-state index contributed by atoms with van der Waals surface area (Å²) < 4.78 is 48.7. The summed E-state index contributed by atoms with van der Waals surface area (Å²) >= 11 is 1.33. The van der Waals surface area contributed by atoms with E-state index >= 15 is 0 Å². The fourth-order valence-electron chi connectivity index (χ4n) is 2.77. The zero-order valence-electron chi connectivity index (χ0n) is 15.2. The zero-order valence-corrected chi connectivity index (χ0v) is 16.0. The van der Waals surface area contributed by atoms with E-state index in [0.717, 1.165) is 11.3 Å². The molecule has 0 bridgehead atoms. The van der Waals surface area contributed by atoms with E-state index < -0.39 is 17.5 Å². The predicted molar refractivity (Wildman–Crippen MR) is 106 cm³/mol. The smallest absolute Gasteiger partial charge is 0.201 e. The summed E-state index contributed by atoms with van der Waals surface area (Å²) in [7, 11) is 0. The minimum absolute atomic E-state index is 0.00666. The number of thioether (sulfide) groups is 1. The molecule has 1 nitrogen and oxygen atoms in total. The third kappa shape index (κ3) is 4.78. The van der Waals surface area contributed by atoms with Crippen LogP contribution < -0.4 is 4.74 Å². The summed E-state index contributed by atoms with van der Waals surface area (Å²) in [6, 6.07) is 7.03. The normalized spacial score (nSPS) is 13.5. The van der Waals surface area contributed by atoms with Crippen LogP contribution in [-0.4, -0.2) is 6.61 Å². The van der Waals surface area contributed by atoms with Crippen LogP contribution in [0, 0.1) is 23.4 Å². The lowest BCUT2D eigenvalue weighted by Gasteiger charge is -2.12. The van der Waals surface area contributed by atoms with E-state index in [1.165, 1.54) is 48.9 Å². The van der Waals surface area contributed by atoms with Crippen LogP contribution in [0.25, 0.3) is 16.0 Å². The molecular formula is C22H21F3OS. The summed E-state index contributed by atoms with van der Waals surface area (Å²) in [5.74, 6) is -2.34. The van der Waals surface area contributed by atoms with Gasteiger partial charge in [0.15, 0.2) is 11.6 Å². The first-order valence-electron chi connectivity index (χ1n) is 8.80. The molecule has 27 heavy (non-hydrogen) atoms. The van der Waals surface area contributed by atoms with E-state index in [2.05, 4.69) is 13.2 Å². The average molecular weight is 390 g/mol. The Hall–Kier alpha value is -2.14. The SMILES string of the molecule is C=C(C)SC(=C)c1ccc(-c2ccc(OCCC3CC3)c(F)c2F)c(F)c1. The first kappa shape index (κ1) is 19.6. The van der Waals surface area contributed by atoms with Gasteiger partial charge in [0.25, 0.3) is 0 Å². The van der Waals surface area contributed by atoms with E-state index in [4.69, 9.17) is 4.74 Å². The molecule has 142 valence electrons. The standard InChI is InChI=1S/C22H21F3OS/c1-13(2)27-14(3)16-6-7-17(19(23)12-16)18-8-9-20(22(25)21(18)24)26-11-10-15-4-5-15/h6-9,12,15H,1,3-5,10-11H2,2H3. The number of ether oxygens (including phenoxy) is 1. The molecule has 0 radical (unpaired) electrons. The molecule has 0 amide bonds. The molecule has 0 atom stereocenters. The van der Waals surface area contributed by atoms with Gasteiger partial charge in [0, 0.05) is 16.0 Å². The molecule has 0 saturated heterocycles. The Kier molecular flexibility index (Phi) is 6.00. The Morgan fingerprint density at radius 1 is 1.07 bits per heavy atom. The molecule has 0 aromatic heterocycles. The first-order valence-corrected chi connectivity index (χ1v) is 9.62. The van der Waals surface area contributed by atoms with Crippen molar-refractivity contribution in [3.8, 4) is 16.9 Å². The Labute approximate surface area is 161 Å². The predicted octanol–water partition coefficient (Wildman–Crippen LogP) is 7.19. The molecule has 1 aliphatic rings. The van der Waals surface area contributed by atoms with Gasteiger partial charge in [0.1, 0.15) is 5.82 Å². The lowest BCUT2D eigenvalue weighted by Crippen LogP contribution is -2.02. The van der Waals surface area contributed by atoms with E-state index in [9.17, 15) is 13.2 Å². The topological polar surface area (TPSA) is 9.23 Å². The van der Waals surface area contributed by atoms with Crippen molar-refractivity contribution in [2.75, 3.05) is 6.61 Å². The van der Waals surface area contributed by atoms with Crippen molar-refractivity contribution in [2.24, 2.45) is 5.92 Å². The Balaban J connectivity index is 1.81. The number of halogens is 3. The minimum Gasteiger partial charge on any atom is -0.490 e. The second kappa shape index (κ2) is 8.26. The third-order valence-corrected chi connectivity index (χ3v) is 5.24. The number of hydrogen-bond acceptors (Lipinski definition) is 2. The molecule has 2 aromatic rings. The van der Waals surface area contributed by atoms with Gasteiger partial charge < -0.3 is 4.74 Å². The monoisotopic (exact) mass is 390 g/mol. The summed E-state index contributed by atoms with van der Waals surface area (Å²) in [6.07, 6.45) is 3.18. The molecule has 1 saturated carbocycles. The van der Waals surface area contributed by atoms with E-state index in [0.29, 0.717) is 23.0 Å². The van der Waals surface area contributed by atoms with Crippen molar-refractivity contribution in [3.05, 3.63) is 71.4 Å². The lowest BCUT2D eigenvalue weighted by molar-refractivity contribution is 0.283. The van der Waals surface area contributed by atoms with Crippen molar-refractivity contribution in [1.82, 2.24) is 0 Å². The van der Waals surface area contributed by atoms with Crippen molar-refractivity contribution in [3.63, 3.8) is 0 Å². The van der Waals surface area contributed by atoms with Crippen molar-refractivity contribution in [1.29, 1.82) is 0 Å². The van der Waals surface area contributed by atoms with Gasteiger partial charge in [0.05, 0.1) is 6.61 Å². The number of hydrogen-bond donors (Lipinski definition) is 0. The quantitative estimate of drug-likeness (QED) is 0.472. The van der Waals surface area contributed by atoms with Crippen molar-refractivity contribution in [2.45, 2.75) is 26.2 Å². The van der Waals surface area contributed by atoms with E-state index in [1.54, 1.807) is 6.07 Å². The molecule has 0 N–H and O–H groups in total. The summed E-state index contributed by atoms with van der Waals surface area (Å²) in [5.41, 5.74) is 0.433. The van der Waals surface area contributed by atoms with Gasteiger partial charge in [-0.25, -0.2) is 8.78 Å². The Bertz CT molecular complexity index is 887. The van der Waals surface area contributed by atoms with Gasteiger partial charge in [-0.2, -0.15) is 4.39 Å². The molecule has 1 aliphatic carbocycles. The van der Waals surface area contributed by atoms with Crippen molar-refractivity contribution >= 4 is 16.7 Å². The van der Waals surface area contributed by atoms with Gasteiger partial charge in [-0.3, -0.25) is 0 Å². The van der Waals surface area contributed by atoms with Crippen LogP contribution in [0.15, 0.2) is 48.4 Å². The Morgan fingerprint density at radius 2 is 1.78 bits per heavy atom. The van der Waals surface area contributed by atoms with Gasteiger partial charge in [-0.05, 0) is 47.9 Å². The molecule has 1 fully saturated rings. The lowest BCUT2D eigenvalue weighted by atomic mass is 10.0. The minimum atomic E-state index is -1.11. The highest BCUT2D eigenvalue weighted by molar-refractivity contribution is 8.11. The molecular weight excluding hydrogens is 369 g/mol. The van der Waals surface area contributed by atoms with Crippen LogP contribution in [0.3, 0.4) is 0 Å². The van der Waals surface area contributed by atoms with E-state index in [-0.39, 0.29) is 16.9 Å². The second-order valence-corrected chi connectivity index (χ2v) is 8.14. The highest BCUT2D eigenvalue weighted by Crippen LogP contribution is 2.36. The number of rotatable bonds is 8. The zero-order chi connectivity index (χ0) is 19.6. The van der Waals surface area contributed by atoms with Crippen LogP contribution in [-0.2, 0) is 0 Å².